The Hall–Kier alpha value is -2.11. The maximum atomic E-state index is 12.8. The van der Waals surface area contributed by atoms with Crippen molar-refractivity contribution >= 4 is 11.9 Å². The Labute approximate surface area is 136 Å². The zero-order chi connectivity index (χ0) is 16.9. The fraction of sp³-hybridized carbons (Fsp3) is 0.588. The molecule has 1 saturated heterocycles. The summed E-state index contributed by atoms with van der Waals surface area (Å²) < 4.78 is 5.42. The van der Waals surface area contributed by atoms with Gasteiger partial charge in [0.15, 0.2) is 0 Å². The highest BCUT2D eigenvalue weighted by atomic mass is 16.5. The van der Waals surface area contributed by atoms with Crippen LogP contribution in [-0.2, 0) is 4.79 Å². The first kappa shape index (κ1) is 17.2. The fourth-order valence-electron chi connectivity index (χ4n) is 3.24. The Kier molecular flexibility index (Phi) is 5.58. The minimum Gasteiger partial charge on any atom is -0.481 e. The zero-order valence-corrected chi connectivity index (χ0v) is 13.7. The molecule has 1 aliphatic rings. The monoisotopic (exact) mass is 320 g/mol. The van der Waals surface area contributed by atoms with Gasteiger partial charge in [0.25, 0.3) is 5.91 Å². The Morgan fingerprint density at radius 2 is 2.22 bits per heavy atom. The van der Waals surface area contributed by atoms with Gasteiger partial charge in [-0.2, -0.15) is 0 Å². The number of aromatic nitrogens is 1. The van der Waals surface area contributed by atoms with Crippen molar-refractivity contribution in [3.63, 3.8) is 0 Å². The lowest BCUT2D eigenvalue weighted by atomic mass is 9.76. The second kappa shape index (κ2) is 7.44. The molecule has 23 heavy (non-hydrogen) atoms. The summed E-state index contributed by atoms with van der Waals surface area (Å²) >= 11 is 0. The van der Waals surface area contributed by atoms with Crippen molar-refractivity contribution < 1.29 is 19.4 Å². The average Bonchev–Trinajstić information content (AvgIpc) is 2.55. The number of carboxylic acids is 1. The van der Waals surface area contributed by atoms with Gasteiger partial charge in [-0.15, -0.1) is 0 Å². The maximum absolute atomic E-state index is 12.8. The second-order valence-electron chi connectivity index (χ2n) is 5.95. The minimum absolute atomic E-state index is 0.206. The molecule has 0 aliphatic carbocycles. The van der Waals surface area contributed by atoms with E-state index in [0.717, 1.165) is 6.42 Å². The van der Waals surface area contributed by atoms with Gasteiger partial charge in [0.2, 0.25) is 5.88 Å². The van der Waals surface area contributed by atoms with Gasteiger partial charge in [-0.3, -0.25) is 9.59 Å². The summed E-state index contributed by atoms with van der Waals surface area (Å²) in [4.78, 5) is 30.3. The van der Waals surface area contributed by atoms with Crippen LogP contribution in [0.3, 0.4) is 0 Å². The first-order chi connectivity index (χ1) is 11.0. The first-order valence-electron chi connectivity index (χ1n) is 8.14. The summed E-state index contributed by atoms with van der Waals surface area (Å²) in [6.45, 7) is 5.04. The molecule has 1 unspecified atom stereocenters. The molecule has 2 rings (SSSR count). The number of ether oxygens (including phenoxy) is 1. The average molecular weight is 320 g/mol. The van der Waals surface area contributed by atoms with Crippen LogP contribution in [-0.4, -0.2) is 46.6 Å². The third-order valence-corrected chi connectivity index (χ3v) is 4.33. The highest BCUT2D eigenvalue weighted by Gasteiger charge is 2.43. The number of carbonyl (C=O) groups excluding carboxylic acids is 1. The van der Waals surface area contributed by atoms with Gasteiger partial charge in [-0.25, -0.2) is 4.98 Å². The normalized spacial score (nSPS) is 21.0. The van der Waals surface area contributed by atoms with Gasteiger partial charge >= 0.3 is 5.97 Å². The maximum Gasteiger partial charge on any atom is 0.311 e. The highest BCUT2D eigenvalue weighted by molar-refractivity contribution is 5.96. The number of carbonyl (C=O) groups is 2. The molecule has 1 aromatic heterocycles. The quantitative estimate of drug-likeness (QED) is 0.871. The molecule has 0 radical (unpaired) electrons. The summed E-state index contributed by atoms with van der Waals surface area (Å²) in [5, 5.41) is 9.65. The molecule has 1 fully saturated rings. The third-order valence-electron chi connectivity index (χ3n) is 4.33. The topological polar surface area (TPSA) is 79.7 Å². The lowest BCUT2D eigenvalue weighted by Crippen LogP contribution is -2.50. The molecule has 0 spiro atoms. The first-order valence-corrected chi connectivity index (χ1v) is 8.14. The van der Waals surface area contributed by atoms with Gasteiger partial charge < -0.3 is 14.7 Å². The summed E-state index contributed by atoms with van der Waals surface area (Å²) in [6.07, 6.45) is 4.26. The Morgan fingerprint density at radius 1 is 1.43 bits per heavy atom. The number of carboxylic acid groups (broad SMARTS) is 1. The minimum atomic E-state index is -0.837. The van der Waals surface area contributed by atoms with Gasteiger partial charge in [-0.1, -0.05) is 13.3 Å². The van der Waals surface area contributed by atoms with E-state index >= 15 is 0 Å². The highest BCUT2D eigenvalue weighted by Crippen LogP contribution is 2.36. The van der Waals surface area contributed by atoms with Gasteiger partial charge in [0.05, 0.1) is 12.0 Å². The van der Waals surface area contributed by atoms with Crippen LogP contribution in [0.4, 0.5) is 0 Å². The summed E-state index contributed by atoms with van der Waals surface area (Å²) in [5.74, 6) is -0.710. The number of hydrogen-bond donors (Lipinski definition) is 1. The number of likely N-dealkylation sites (tertiary alicyclic amines) is 1. The van der Waals surface area contributed by atoms with E-state index in [1.54, 1.807) is 23.2 Å². The molecular weight excluding hydrogens is 296 g/mol. The molecule has 1 aliphatic heterocycles. The Morgan fingerprint density at radius 3 is 2.87 bits per heavy atom. The molecule has 6 heteroatoms. The third kappa shape index (κ3) is 3.63. The van der Waals surface area contributed by atoms with E-state index < -0.39 is 11.4 Å². The smallest absolute Gasteiger partial charge is 0.311 e. The lowest BCUT2D eigenvalue weighted by molar-refractivity contribution is -0.152. The summed E-state index contributed by atoms with van der Waals surface area (Å²) in [7, 11) is 0. The molecule has 0 saturated carbocycles. The van der Waals surface area contributed by atoms with Crippen molar-refractivity contribution in [2.75, 3.05) is 19.7 Å². The lowest BCUT2D eigenvalue weighted by Gasteiger charge is -2.40. The predicted octanol–water partition coefficient (Wildman–Crippen LogP) is 2.59. The van der Waals surface area contributed by atoms with Crippen LogP contribution in [0.1, 0.15) is 49.9 Å². The molecule has 0 bridgehead atoms. The number of aliphatic carboxylic acids is 1. The van der Waals surface area contributed by atoms with E-state index in [2.05, 4.69) is 4.98 Å². The predicted molar refractivity (Wildman–Crippen MR) is 85.5 cm³/mol. The van der Waals surface area contributed by atoms with Crippen LogP contribution in [0.2, 0.25) is 0 Å². The summed E-state index contributed by atoms with van der Waals surface area (Å²) in [5.41, 5.74) is -0.441. The van der Waals surface area contributed by atoms with Crippen molar-refractivity contribution in [1.82, 2.24) is 9.88 Å². The molecule has 126 valence electrons. The molecule has 1 atom stereocenters. The van der Waals surface area contributed by atoms with Gasteiger partial charge in [0.1, 0.15) is 5.56 Å². The standard InChI is InChI=1S/C17H24N2O4/c1-3-8-17(16(21)22)9-6-11-19(12-17)15(20)13-7-5-10-18-14(13)23-4-2/h5,7,10H,3-4,6,8-9,11-12H2,1-2H3,(H,21,22). The van der Waals surface area contributed by atoms with Crippen molar-refractivity contribution in [1.29, 1.82) is 0 Å². The number of amides is 1. The van der Waals surface area contributed by atoms with E-state index in [4.69, 9.17) is 4.74 Å². The second-order valence-corrected chi connectivity index (χ2v) is 5.95. The number of hydrogen-bond acceptors (Lipinski definition) is 4. The zero-order valence-electron chi connectivity index (χ0n) is 13.7. The number of pyridine rings is 1. The molecule has 6 nitrogen and oxygen atoms in total. The van der Waals surface area contributed by atoms with E-state index in [-0.39, 0.29) is 12.5 Å². The van der Waals surface area contributed by atoms with Crippen molar-refractivity contribution in [2.45, 2.75) is 39.5 Å². The van der Waals surface area contributed by atoms with Crippen LogP contribution in [0.5, 0.6) is 5.88 Å². The van der Waals surface area contributed by atoms with Gasteiger partial charge in [-0.05, 0) is 38.3 Å². The Bertz CT molecular complexity index is 571. The number of nitrogens with zero attached hydrogens (tertiary/aromatic N) is 2. The molecule has 1 amide bonds. The summed E-state index contributed by atoms with van der Waals surface area (Å²) in [6, 6.07) is 3.37. The van der Waals surface area contributed by atoms with Crippen molar-refractivity contribution in [3.05, 3.63) is 23.9 Å². The molecule has 1 N–H and O–H groups in total. The fourth-order valence-corrected chi connectivity index (χ4v) is 3.24. The Balaban J connectivity index is 2.24. The molecule has 0 aromatic carbocycles. The van der Waals surface area contributed by atoms with Gasteiger partial charge in [0, 0.05) is 19.3 Å². The van der Waals surface area contributed by atoms with Crippen LogP contribution in [0.25, 0.3) is 0 Å². The van der Waals surface area contributed by atoms with Crippen LogP contribution < -0.4 is 4.74 Å². The van der Waals surface area contributed by atoms with E-state index in [0.29, 0.717) is 43.9 Å². The van der Waals surface area contributed by atoms with E-state index in [1.165, 1.54) is 0 Å². The molecule has 1 aromatic rings. The van der Waals surface area contributed by atoms with Crippen molar-refractivity contribution in [3.8, 4) is 5.88 Å². The van der Waals surface area contributed by atoms with Crippen LogP contribution in [0.15, 0.2) is 18.3 Å². The molecule has 2 heterocycles. The van der Waals surface area contributed by atoms with E-state index in [9.17, 15) is 14.7 Å². The van der Waals surface area contributed by atoms with E-state index in [1.807, 2.05) is 13.8 Å². The number of rotatable bonds is 6. The van der Waals surface area contributed by atoms with Crippen LogP contribution in [0, 0.1) is 5.41 Å². The van der Waals surface area contributed by atoms with Crippen molar-refractivity contribution in [2.24, 2.45) is 5.41 Å². The largest absolute Gasteiger partial charge is 0.481 e. The SMILES string of the molecule is CCCC1(C(=O)O)CCCN(C(=O)c2cccnc2OCC)C1. The van der Waals surface area contributed by atoms with Crippen LogP contribution >= 0.6 is 0 Å². The number of piperidine rings is 1. The molecular formula is C17H24N2O4.